The molecule has 1 amide bonds. The molecule has 0 atom stereocenters. The van der Waals surface area contributed by atoms with Gasteiger partial charge in [0, 0.05) is 18.7 Å². The third kappa shape index (κ3) is 6.02. The minimum Gasteiger partial charge on any atom is -0.326 e. The summed E-state index contributed by atoms with van der Waals surface area (Å²) in [6.07, 6.45) is 0.392. The van der Waals surface area contributed by atoms with Crippen molar-refractivity contribution >= 4 is 11.6 Å². The predicted molar refractivity (Wildman–Crippen MR) is 67.4 cm³/mol. The van der Waals surface area contributed by atoms with E-state index < -0.39 is 0 Å². The maximum absolute atomic E-state index is 12.8. The highest BCUT2D eigenvalue weighted by Crippen LogP contribution is 2.09. The Morgan fingerprint density at radius 3 is 2.82 bits per heavy atom. The number of halogens is 1. The first kappa shape index (κ1) is 13.6. The van der Waals surface area contributed by atoms with Crippen molar-refractivity contribution in [1.29, 1.82) is 0 Å². The number of amides is 1. The molecule has 1 rings (SSSR count). The van der Waals surface area contributed by atoms with E-state index in [9.17, 15) is 9.18 Å². The smallest absolute Gasteiger partial charge is 0.225 e. The molecule has 0 aromatic heterocycles. The standard InChI is InChI=1S/C13H19FN2O/c1-10(2)9-15-7-6-13(17)16-12-5-3-4-11(14)8-12/h3-5,8,10,15H,6-7,9H2,1-2H3,(H,16,17). The Bertz CT molecular complexity index is 366. The minimum atomic E-state index is -0.347. The molecule has 3 nitrogen and oxygen atoms in total. The number of hydrogen-bond acceptors (Lipinski definition) is 2. The van der Waals surface area contributed by atoms with E-state index in [4.69, 9.17) is 0 Å². The molecule has 2 N–H and O–H groups in total. The Morgan fingerprint density at radius 2 is 2.18 bits per heavy atom. The van der Waals surface area contributed by atoms with Gasteiger partial charge in [-0.15, -0.1) is 0 Å². The summed E-state index contributed by atoms with van der Waals surface area (Å²) in [6, 6.07) is 5.89. The number of carbonyl (C=O) groups excluding carboxylic acids is 1. The third-order valence-corrected chi connectivity index (χ3v) is 2.19. The zero-order chi connectivity index (χ0) is 12.7. The van der Waals surface area contributed by atoms with Gasteiger partial charge in [-0.2, -0.15) is 0 Å². The van der Waals surface area contributed by atoms with Crippen LogP contribution in [0.3, 0.4) is 0 Å². The molecule has 0 saturated heterocycles. The molecule has 0 radical (unpaired) electrons. The fourth-order valence-electron chi connectivity index (χ4n) is 1.38. The SMILES string of the molecule is CC(C)CNCCC(=O)Nc1cccc(F)c1. The van der Waals surface area contributed by atoms with Crippen molar-refractivity contribution in [2.45, 2.75) is 20.3 Å². The lowest BCUT2D eigenvalue weighted by atomic mass is 10.2. The molecule has 0 bridgehead atoms. The van der Waals surface area contributed by atoms with Crippen molar-refractivity contribution < 1.29 is 9.18 Å². The Hall–Kier alpha value is -1.42. The summed E-state index contributed by atoms with van der Waals surface area (Å²) in [5.41, 5.74) is 0.499. The average Bonchev–Trinajstić information content (AvgIpc) is 2.24. The average molecular weight is 238 g/mol. The summed E-state index contributed by atoms with van der Waals surface area (Å²) < 4.78 is 12.8. The summed E-state index contributed by atoms with van der Waals surface area (Å²) in [7, 11) is 0. The van der Waals surface area contributed by atoms with Gasteiger partial charge in [0.25, 0.3) is 0 Å². The second-order valence-corrected chi connectivity index (χ2v) is 4.41. The van der Waals surface area contributed by atoms with Crippen LogP contribution in [0.1, 0.15) is 20.3 Å². The van der Waals surface area contributed by atoms with Crippen molar-refractivity contribution in [2.24, 2.45) is 5.92 Å². The third-order valence-electron chi connectivity index (χ3n) is 2.19. The van der Waals surface area contributed by atoms with Crippen molar-refractivity contribution in [1.82, 2.24) is 5.32 Å². The molecule has 4 heteroatoms. The lowest BCUT2D eigenvalue weighted by Crippen LogP contribution is -2.24. The van der Waals surface area contributed by atoms with E-state index in [1.807, 2.05) is 0 Å². The minimum absolute atomic E-state index is 0.105. The Balaban J connectivity index is 2.25. The van der Waals surface area contributed by atoms with Crippen molar-refractivity contribution in [3.63, 3.8) is 0 Å². The Kier molecular flexibility index (Phi) is 5.63. The molecule has 0 aliphatic carbocycles. The Morgan fingerprint density at radius 1 is 1.41 bits per heavy atom. The highest BCUT2D eigenvalue weighted by Gasteiger charge is 2.02. The van der Waals surface area contributed by atoms with E-state index in [1.54, 1.807) is 12.1 Å². The van der Waals surface area contributed by atoms with Crippen molar-refractivity contribution in [3.05, 3.63) is 30.1 Å². The van der Waals surface area contributed by atoms with E-state index in [1.165, 1.54) is 12.1 Å². The van der Waals surface area contributed by atoms with Crippen LogP contribution in [0.5, 0.6) is 0 Å². The zero-order valence-corrected chi connectivity index (χ0v) is 10.3. The van der Waals surface area contributed by atoms with E-state index >= 15 is 0 Å². The topological polar surface area (TPSA) is 41.1 Å². The molecule has 0 unspecified atom stereocenters. The van der Waals surface area contributed by atoms with Crippen LogP contribution in [-0.2, 0) is 4.79 Å². The number of hydrogen-bond donors (Lipinski definition) is 2. The van der Waals surface area contributed by atoms with Gasteiger partial charge in [-0.3, -0.25) is 4.79 Å². The van der Waals surface area contributed by atoms with Gasteiger partial charge < -0.3 is 10.6 Å². The zero-order valence-electron chi connectivity index (χ0n) is 10.3. The maximum Gasteiger partial charge on any atom is 0.225 e. The van der Waals surface area contributed by atoms with Crippen LogP contribution in [0, 0.1) is 11.7 Å². The number of nitrogens with one attached hydrogen (secondary N) is 2. The van der Waals surface area contributed by atoms with Crippen LogP contribution in [0.25, 0.3) is 0 Å². The van der Waals surface area contributed by atoms with Gasteiger partial charge in [-0.25, -0.2) is 4.39 Å². The summed E-state index contributed by atoms with van der Waals surface area (Å²) in [6.45, 7) is 5.76. The molecule has 0 fully saturated rings. The number of benzene rings is 1. The second-order valence-electron chi connectivity index (χ2n) is 4.41. The van der Waals surface area contributed by atoms with Crippen LogP contribution < -0.4 is 10.6 Å². The van der Waals surface area contributed by atoms with E-state index in [-0.39, 0.29) is 11.7 Å². The lowest BCUT2D eigenvalue weighted by Gasteiger charge is -2.08. The number of anilines is 1. The number of rotatable bonds is 6. The largest absolute Gasteiger partial charge is 0.326 e. The fourth-order valence-corrected chi connectivity index (χ4v) is 1.38. The normalized spacial score (nSPS) is 10.6. The summed E-state index contributed by atoms with van der Waals surface area (Å²) in [4.78, 5) is 11.5. The molecule has 0 saturated carbocycles. The lowest BCUT2D eigenvalue weighted by molar-refractivity contribution is -0.116. The maximum atomic E-state index is 12.8. The van der Waals surface area contributed by atoms with Gasteiger partial charge in [-0.1, -0.05) is 19.9 Å². The van der Waals surface area contributed by atoms with E-state index in [0.29, 0.717) is 24.6 Å². The molecule has 0 aliphatic heterocycles. The quantitative estimate of drug-likeness (QED) is 0.747. The molecule has 17 heavy (non-hydrogen) atoms. The first-order chi connectivity index (χ1) is 8.08. The molecule has 94 valence electrons. The van der Waals surface area contributed by atoms with Gasteiger partial charge in [0.05, 0.1) is 0 Å². The van der Waals surface area contributed by atoms with Gasteiger partial charge in [0.15, 0.2) is 0 Å². The summed E-state index contributed by atoms with van der Waals surface area (Å²) >= 11 is 0. The van der Waals surface area contributed by atoms with Crippen molar-refractivity contribution in [2.75, 3.05) is 18.4 Å². The van der Waals surface area contributed by atoms with Gasteiger partial charge in [0.1, 0.15) is 5.82 Å². The Labute approximate surface area is 101 Å². The molecule has 0 spiro atoms. The summed E-state index contributed by atoms with van der Waals surface area (Å²) in [5, 5.41) is 5.83. The van der Waals surface area contributed by atoms with Crippen LogP contribution in [0.15, 0.2) is 24.3 Å². The van der Waals surface area contributed by atoms with E-state index in [2.05, 4.69) is 24.5 Å². The molecular formula is C13H19FN2O. The van der Waals surface area contributed by atoms with Gasteiger partial charge in [-0.05, 0) is 30.7 Å². The fraction of sp³-hybridized carbons (Fsp3) is 0.462. The summed E-state index contributed by atoms with van der Waals surface area (Å²) in [5.74, 6) is 0.119. The molecule has 0 heterocycles. The van der Waals surface area contributed by atoms with Crippen LogP contribution in [0.2, 0.25) is 0 Å². The number of carbonyl (C=O) groups is 1. The van der Waals surface area contributed by atoms with Crippen LogP contribution in [-0.4, -0.2) is 19.0 Å². The predicted octanol–water partition coefficient (Wildman–Crippen LogP) is 2.40. The highest BCUT2D eigenvalue weighted by molar-refractivity contribution is 5.90. The second kappa shape index (κ2) is 7.01. The molecule has 1 aromatic carbocycles. The first-order valence-electron chi connectivity index (χ1n) is 5.84. The van der Waals surface area contributed by atoms with Crippen LogP contribution >= 0.6 is 0 Å². The van der Waals surface area contributed by atoms with E-state index in [0.717, 1.165) is 6.54 Å². The molecule has 0 aliphatic rings. The first-order valence-corrected chi connectivity index (χ1v) is 5.84. The van der Waals surface area contributed by atoms with Gasteiger partial charge >= 0.3 is 0 Å². The molecule has 1 aromatic rings. The van der Waals surface area contributed by atoms with Crippen molar-refractivity contribution in [3.8, 4) is 0 Å². The monoisotopic (exact) mass is 238 g/mol. The van der Waals surface area contributed by atoms with Crippen LogP contribution in [0.4, 0.5) is 10.1 Å². The molecular weight excluding hydrogens is 219 g/mol. The highest BCUT2D eigenvalue weighted by atomic mass is 19.1. The van der Waals surface area contributed by atoms with Gasteiger partial charge in [0.2, 0.25) is 5.91 Å².